The number of carbonyl (C=O) groups excluding carboxylic acids is 1. The molecule has 0 spiro atoms. The van der Waals surface area contributed by atoms with E-state index in [1.807, 2.05) is 17.5 Å². The molecule has 2 saturated carbocycles. The number of fused-ring (bicyclic) bond motifs is 2. The maximum absolute atomic E-state index is 12.2. The van der Waals surface area contributed by atoms with Crippen LogP contribution in [0.2, 0.25) is 0 Å². The lowest BCUT2D eigenvalue weighted by molar-refractivity contribution is -0.117. The van der Waals surface area contributed by atoms with Crippen LogP contribution in [0.5, 0.6) is 0 Å². The predicted octanol–water partition coefficient (Wildman–Crippen LogP) is 3.97. The Hall–Kier alpha value is -1.75. The second-order valence-electron chi connectivity index (χ2n) is 6.47. The molecule has 1 N–H and O–H groups in total. The largest absolute Gasteiger partial charge is 0.302 e. The molecule has 2 aromatic rings. The molecule has 0 aliphatic heterocycles. The Morgan fingerprint density at radius 1 is 1.36 bits per heavy atom. The fourth-order valence-electron chi connectivity index (χ4n) is 4.01. The second-order valence-corrected chi connectivity index (χ2v) is 7.32. The average Bonchev–Trinajstić information content (AvgIpc) is 3.24. The van der Waals surface area contributed by atoms with Crippen molar-refractivity contribution in [2.45, 2.75) is 32.1 Å². The monoisotopic (exact) mass is 313 g/mol. The number of rotatable bonds is 4. The van der Waals surface area contributed by atoms with Gasteiger partial charge in [-0.25, -0.2) is 4.98 Å². The summed E-state index contributed by atoms with van der Waals surface area (Å²) >= 11 is 1.48. The standard InChI is InChI=1S/C17H19N3OS/c21-16(8-14-7-11-3-4-12(14)6-11)20-17-19-15(10-22-17)13-2-1-5-18-9-13/h1-2,5,9-12,14H,3-4,6-8H2,(H,19,20,21)/t11-,12-,14-/m0/s1. The number of pyridine rings is 1. The molecular formula is C17H19N3OS. The number of hydrogen-bond acceptors (Lipinski definition) is 4. The van der Waals surface area contributed by atoms with Crippen molar-refractivity contribution in [1.29, 1.82) is 0 Å². The quantitative estimate of drug-likeness (QED) is 0.929. The van der Waals surface area contributed by atoms with Gasteiger partial charge in [0.2, 0.25) is 5.91 Å². The van der Waals surface area contributed by atoms with Gasteiger partial charge in [0, 0.05) is 29.8 Å². The van der Waals surface area contributed by atoms with Crippen LogP contribution in [0, 0.1) is 17.8 Å². The maximum Gasteiger partial charge on any atom is 0.226 e. The highest BCUT2D eigenvalue weighted by molar-refractivity contribution is 7.14. The molecule has 2 fully saturated rings. The highest BCUT2D eigenvalue weighted by Gasteiger charge is 2.40. The van der Waals surface area contributed by atoms with Crippen LogP contribution in [0.25, 0.3) is 11.3 Å². The third kappa shape index (κ3) is 2.77. The van der Waals surface area contributed by atoms with Crippen LogP contribution in [0.1, 0.15) is 32.1 Å². The van der Waals surface area contributed by atoms with Crippen molar-refractivity contribution in [3.8, 4) is 11.3 Å². The summed E-state index contributed by atoms with van der Waals surface area (Å²) in [6.07, 6.45) is 9.48. The van der Waals surface area contributed by atoms with Crippen LogP contribution in [-0.4, -0.2) is 15.9 Å². The molecule has 3 atom stereocenters. The first-order chi connectivity index (χ1) is 10.8. The normalized spacial score (nSPS) is 26.3. The highest BCUT2D eigenvalue weighted by atomic mass is 32.1. The van der Waals surface area contributed by atoms with Crippen molar-refractivity contribution < 1.29 is 4.79 Å². The van der Waals surface area contributed by atoms with Crippen molar-refractivity contribution in [2.75, 3.05) is 5.32 Å². The molecule has 0 saturated heterocycles. The Morgan fingerprint density at radius 2 is 2.32 bits per heavy atom. The Balaban J connectivity index is 1.37. The first-order valence-electron chi connectivity index (χ1n) is 7.93. The lowest BCUT2D eigenvalue weighted by Crippen LogP contribution is -2.20. The summed E-state index contributed by atoms with van der Waals surface area (Å²) in [7, 11) is 0. The first-order valence-corrected chi connectivity index (χ1v) is 8.81. The summed E-state index contributed by atoms with van der Waals surface area (Å²) < 4.78 is 0. The van der Waals surface area contributed by atoms with E-state index < -0.39 is 0 Å². The zero-order valence-corrected chi connectivity index (χ0v) is 13.2. The minimum absolute atomic E-state index is 0.115. The van der Waals surface area contributed by atoms with Gasteiger partial charge in [-0.3, -0.25) is 9.78 Å². The summed E-state index contributed by atoms with van der Waals surface area (Å²) in [5, 5.41) is 5.62. The van der Waals surface area contributed by atoms with Gasteiger partial charge >= 0.3 is 0 Å². The molecular weight excluding hydrogens is 294 g/mol. The Kier molecular flexibility index (Phi) is 3.66. The van der Waals surface area contributed by atoms with Gasteiger partial charge in [-0.2, -0.15) is 0 Å². The minimum atomic E-state index is 0.115. The molecule has 4 rings (SSSR count). The fraction of sp³-hybridized carbons (Fsp3) is 0.471. The van der Waals surface area contributed by atoms with Gasteiger partial charge < -0.3 is 5.32 Å². The summed E-state index contributed by atoms with van der Waals surface area (Å²) in [4.78, 5) is 20.8. The minimum Gasteiger partial charge on any atom is -0.302 e. The van der Waals surface area contributed by atoms with Crippen molar-refractivity contribution in [3.05, 3.63) is 29.9 Å². The summed E-state index contributed by atoms with van der Waals surface area (Å²) in [5.74, 6) is 2.39. The number of hydrogen-bond donors (Lipinski definition) is 1. The number of thiazole rings is 1. The molecule has 1 amide bonds. The molecule has 2 aromatic heterocycles. The lowest BCUT2D eigenvalue weighted by Gasteiger charge is -2.20. The van der Waals surface area contributed by atoms with E-state index in [4.69, 9.17) is 0 Å². The third-order valence-corrected chi connectivity index (χ3v) is 5.80. The topological polar surface area (TPSA) is 54.9 Å². The van der Waals surface area contributed by atoms with Gasteiger partial charge in [0.25, 0.3) is 0 Å². The predicted molar refractivity (Wildman–Crippen MR) is 87.5 cm³/mol. The molecule has 114 valence electrons. The molecule has 4 nitrogen and oxygen atoms in total. The smallest absolute Gasteiger partial charge is 0.226 e. The first kappa shape index (κ1) is 13.9. The van der Waals surface area contributed by atoms with Crippen LogP contribution in [0.3, 0.4) is 0 Å². The average molecular weight is 313 g/mol. The van der Waals surface area contributed by atoms with Gasteiger partial charge in [-0.1, -0.05) is 6.42 Å². The van der Waals surface area contributed by atoms with E-state index >= 15 is 0 Å². The van der Waals surface area contributed by atoms with Crippen LogP contribution < -0.4 is 5.32 Å². The van der Waals surface area contributed by atoms with E-state index in [0.29, 0.717) is 17.5 Å². The van der Waals surface area contributed by atoms with Gasteiger partial charge in [0.05, 0.1) is 5.69 Å². The zero-order chi connectivity index (χ0) is 14.9. The van der Waals surface area contributed by atoms with Gasteiger partial charge in [0.15, 0.2) is 5.13 Å². The van der Waals surface area contributed by atoms with E-state index in [2.05, 4.69) is 15.3 Å². The number of anilines is 1. The highest BCUT2D eigenvalue weighted by Crippen LogP contribution is 2.49. The number of carbonyl (C=O) groups is 1. The number of aromatic nitrogens is 2. The fourth-order valence-corrected chi connectivity index (χ4v) is 4.75. The van der Waals surface area contributed by atoms with Crippen LogP contribution in [0.15, 0.2) is 29.9 Å². The Bertz CT molecular complexity index is 670. The lowest BCUT2D eigenvalue weighted by atomic mass is 9.86. The van der Waals surface area contributed by atoms with E-state index in [-0.39, 0.29) is 5.91 Å². The SMILES string of the molecule is O=C(C[C@@H]1C[C@H]2CC[C@H]1C2)Nc1nc(-c2cccnc2)cs1. The molecule has 22 heavy (non-hydrogen) atoms. The summed E-state index contributed by atoms with van der Waals surface area (Å²) in [6.45, 7) is 0. The molecule has 5 heteroatoms. The molecule has 0 aromatic carbocycles. The van der Waals surface area contributed by atoms with Crippen molar-refractivity contribution in [3.63, 3.8) is 0 Å². The van der Waals surface area contributed by atoms with Crippen molar-refractivity contribution in [2.24, 2.45) is 17.8 Å². The van der Waals surface area contributed by atoms with Gasteiger partial charge in [-0.05, 0) is 49.1 Å². The van der Waals surface area contributed by atoms with Gasteiger partial charge in [-0.15, -0.1) is 11.3 Å². The maximum atomic E-state index is 12.2. The second kappa shape index (κ2) is 5.80. The van der Waals surface area contributed by atoms with E-state index in [1.165, 1.54) is 37.0 Å². The van der Waals surface area contributed by atoms with Gasteiger partial charge in [0.1, 0.15) is 0 Å². The van der Waals surface area contributed by atoms with Crippen LogP contribution >= 0.6 is 11.3 Å². The molecule has 0 radical (unpaired) electrons. The number of amides is 1. The Labute approximate surface area is 134 Å². The molecule has 0 unspecified atom stereocenters. The van der Waals surface area contributed by atoms with E-state index in [9.17, 15) is 4.79 Å². The molecule has 2 aliphatic rings. The van der Waals surface area contributed by atoms with Crippen LogP contribution in [-0.2, 0) is 4.79 Å². The van der Waals surface area contributed by atoms with Crippen LogP contribution in [0.4, 0.5) is 5.13 Å². The third-order valence-electron chi connectivity index (χ3n) is 5.04. The van der Waals surface area contributed by atoms with E-state index in [0.717, 1.165) is 23.1 Å². The van der Waals surface area contributed by atoms with Crippen molar-refractivity contribution in [1.82, 2.24) is 9.97 Å². The molecule has 2 bridgehead atoms. The summed E-state index contributed by atoms with van der Waals surface area (Å²) in [6, 6.07) is 3.87. The molecule has 2 aliphatic carbocycles. The Morgan fingerprint density at radius 3 is 3.05 bits per heavy atom. The number of nitrogens with one attached hydrogen (secondary N) is 1. The zero-order valence-electron chi connectivity index (χ0n) is 12.4. The van der Waals surface area contributed by atoms with E-state index in [1.54, 1.807) is 12.4 Å². The number of nitrogens with zero attached hydrogens (tertiary/aromatic N) is 2. The van der Waals surface area contributed by atoms with Crippen molar-refractivity contribution >= 4 is 22.4 Å². The molecule has 2 heterocycles. The summed E-state index contributed by atoms with van der Waals surface area (Å²) in [5.41, 5.74) is 1.85.